The zero-order valence-electron chi connectivity index (χ0n) is 15.2. The van der Waals surface area contributed by atoms with Gasteiger partial charge >= 0.3 is 0 Å². The predicted octanol–water partition coefficient (Wildman–Crippen LogP) is 3.62. The summed E-state index contributed by atoms with van der Waals surface area (Å²) in [5.41, 5.74) is 1.50. The zero-order chi connectivity index (χ0) is 17.5. The highest BCUT2D eigenvalue weighted by atomic mass is 16.2. The molecule has 2 aromatic heterocycles. The predicted molar refractivity (Wildman–Crippen MR) is 94.2 cm³/mol. The van der Waals surface area contributed by atoms with Crippen molar-refractivity contribution in [3.8, 4) is 0 Å². The van der Waals surface area contributed by atoms with E-state index in [1.54, 1.807) is 6.20 Å². The molecule has 6 nitrogen and oxygen atoms in total. The van der Waals surface area contributed by atoms with Crippen LogP contribution in [0.15, 0.2) is 18.5 Å². The van der Waals surface area contributed by atoms with E-state index in [2.05, 4.69) is 50.0 Å². The average Bonchev–Trinajstić information content (AvgIpc) is 3.06. The first-order valence-electron chi connectivity index (χ1n) is 8.68. The Morgan fingerprint density at radius 2 is 2.08 bits per heavy atom. The summed E-state index contributed by atoms with van der Waals surface area (Å²) >= 11 is 0. The molecule has 0 radical (unpaired) electrons. The quantitative estimate of drug-likeness (QED) is 0.911. The minimum Gasteiger partial charge on any atom is -0.317 e. The molecule has 2 heterocycles. The largest absolute Gasteiger partial charge is 0.317 e. The van der Waals surface area contributed by atoms with Gasteiger partial charge in [0.15, 0.2) is 5.69 Å². The van der Waals surface area contributed by atoms with Crippen LogP contribution in [-0.2, 0) is 12.1 Å². The van der Waals surface area contributed by atoms with Crippen molar-refractivity contribution < 1.29 is 4.79 Å². The molecule has 0 aliphatic heterocycles. The van der Waals surface area contributed by atoms with Gasteiger partial charge in [-0.05, 0) is 45.6 Å². The third kappa shape index (κ3) is 3.52. The summed E-state index contributed by atoms with van der Waals surface area (Å²) < 4.78 is 3.96. The van der Waals surface area contributed by atoms with E-state index in [-0.39, 0.29) is 11.4 Å². The number of anilines is 1. The summed E-state index contributed by atoms with van der Waals surface area (Å²) in [7, 11) is 0. The van der Waals surface area contributed by atoms with E-state index in [9.17, 15) is 4.79 Å². The topological polar surface area (TPSA) is 64.7 Å². The molecule has 1 aliphatic rings. The lowest BCUT2D eigenvalue weighted by Crippen LogP contribution is -2.26. The van der Waals surface area contributed by atoms with E-state index in [1.807, 2.05) is 21.5 Å². The van der Waals surface area contributed by atoms with Gasteiger partial charge in [-0.25, -0.2) is 4.98 Å². The molecule has 0 unspecified atom stereocenters. The maximum absolute atomic E-state index is 12.6. The number of aromatic nitrogens is 4. The van der Waals surface area contributed by atoms with E-state index in [0.29, 0.717) is 23.5 Å². The van der Waals surface area contributed by atoms with Crippen LogP contribution < -0.4 is 5.32 Å². The molecule has 3 rings (SSSR count). The molecule has 24 heavy (non-hydrogen) atoms. The molecule has 1 aliphatic carbocycles. The van der Waals surface area contributed by atoms with Gasteiger partial charge < -0.3 is 4.57 Å². The molecular formula is C18H27N5O. The first kappa shape index (κ1) is 16.7. The van der Waals surface area contributed by atoms with Gasteiger partial charge in [0.05, 0.1) is 5.54 Å². The van der Waals surface area contributed by atoms with Crippen molar-refractivity contribution >= 4 is 11.9 Å². The molecule has 1 fully saturated rings. The number of carbonyl (C=O) groups is 1. The van der Waals surface area contributed by atoms with Crippen LogP contribution in [0.3, 0.4) is 0 Å². The Morgan fingerprint density at radius 1 is 1.38 bits per heavy atom. The van der Waals surface area contributed by atoms with Crippen LogP contribution in [0.5, 0.6) is 0 Å². The monoisotopic (exact) mass is 329 g/mol. The van der Waals surface area contributed by atoms with Crippen LogP contribution in [0, 0.1) is 5.92 Å². The maximum Gasteiger partial charge on any atom is 0.278 e. The zero-order valence-corrected chi connectivity index (χ0v) is 15.2. The smallest absolute Gasteiger partial charge is 0.278 e. The van der Waals surface area contributed by atoms with Crippen LogP contribution in [0.1, 0.15) is 69.6 Å². The van der Waals surface area contributed by atoms with Gasteiger partial charge in [0, 0.05) is 30.6 Å². The third-order valence-corrected chi connectivity index (χ3v) is 4.10. The van der Waals surface area contributed by atoms with Gasteiger partial charge in [0.2, 0.25) is 5.95 Å². The number of rotatable bonds is 5. The van der Waals surface area contributed by atoms with E-state index < -0.39 is 0 Å². The summed E-state index contributed by atoms with van der Waals surface area (Å²) in [6.07, 6.45) is 5.96. The Morgan fingerprint density at radius 3 is 2.67 bits per heavy atom. The Bertz CT molecular complexity index is 731. The fourth-order valence-corrected chi connectivity index (χ4v) is 2.85. The molecule has 0 saturated heterocycles. The normalized spacial score (nSPS) is 15.1. The van der Waals surface area contributed by atoms with E-state index in [1.165, 1.54) is 12.8 Å². The highest BCUT2D eigenvalue weighted by Crippen LogP contribution is 2.41. The van der Waals surface area contributed by atoms with E-state index in [4.69, 9.17) is 0 Å². The Labute approximate surface area is 143 Å². The van der Waals surface area contributed by atoms with Gasteiger partial charge in [-0.3, -0.25) is 14.8 Å². The Hall–Kier alpha value is -2.11. The highest BCUT2D eigenvalue weighted by Gasteiger charge is 2.32. The molecule has 6 heteroatoms. The summed E-state index contributed by atoms with van der Waals surface area (Å²) in [6, 6.07) is 1.94. The van der Waals surface area contributed by atoms with Gasteiger partial charge in [0.25, 0.3) is 5.91 Å². The minimum atomic E-state index is -0.198. The van der Waals surface area contributed by atoms with Gasteiger partial charge in [-0.2, -0.15) is 5.10 Å². The van der Waals surface area contributed by atoms with Crippen molar-refractivity contribution in [1.29, 1.82) is 0 Å². The second-order valence-electron chi connectivity index (χ2n) is 8.06. The first-order valence-corrected chi connectivity index (χ1v) is 8.68. The number of carbonyl (C=O) groups excluding carboxylic acids is 1. The van der Waals surface area contributed by atoms with Crippen LogP contribution in [-0.4, -0.2) is 25.2 Å². The molecular weight excluding hydrogens is 302 g/mol. The van der Waals surface area contributed by atoms with Crippen molar-refractivity contribution in [2.24, 2.45) is 5.92 Å². The van der Waals surface area contributed by atoms with E-state index in [0.717, 1.165) is 12.2 Å². The van der Waals surface area contributed by atoms with Gasteiger partial charge in [-0.1, -0.05) is 13.8 Å². The molecule has 1 N–H and O–H groups in total. The van der Waals surface area contributed by atoms with Crippen molar-refractivity contribution in [3.63, 3.8) is 0 Å². The van der Waals surface area contributed by atoms with Crippen molar-refractivity contribution in [2.45, 2.75) is 65.5 Å². The second kappa shape index (κ2) is 6.07. The van der Waals surface area contributed by atoms with Crippen molar-refractivity contribution in [1.82, 2.24) is 19.3 Å². The number of amides is 1. The SMILES string of the molecule is CC(C)Cn1ccnc1NC(=O)c1cc(C2CC2)n(C(C)(C)C)n1. The molecule has 130 valence electrons. The number of nitrogens with zero attached hydrogens (tertiary/aromatic N) is 4. The standard InChI is InChI=1S/C18H27N5O/c1-12(2)11-22-9-8-19-17(22)20-16(24)14-10-15(13-6-7-13)23(21-14)18(3,4)5/h8-10,12-13H,6-7,11H2,1-5H3,(H,19,20,24). The second-order valence-corrected chi connectivity index (χ2v) is 8.06. The summed E-state index contributed by atoms with van der Waals surface area (Å²) in [5, 5.41) is 7.48. The minimum absolute atomic E-state index is 0.132. The summed E-state index contributed by atoms with van der Waals surface area (Å²) in [4.78, 5) is 16.9. The lowest BCUT2D eigenvalue weighted by atomic mass is 10.1. The maximum atomic E-state index is 12.6. The number of imidazole rings is 1. The van der Waals surface area contributed by atoms with E-state index >= 15 is 0 Å². The molecule has 0 atom stereocenters. The molecule has 1 saturated carbocycles. The highest BCUT2D eigenvalue weighted by molar-refractivity contribution is 6.02. The fraction of sp³-hybridized carbons (Fsp3) is 0.611. The van der Waals surface area contributed by atoms with Crippen LogP contribution in [0.2, 0.25) is 0 Å². The molecule has 1 amide bonds. The van der Waals surface area contributed by atoms with Crippen molar-refractivity contribution in [3.05, 3.63) is 29.8 Å². The molecule has 0 bridgehead atoms. The van der Waals surface area contributed by atoms with Crippen LogP contribution in [0.25, 0.3) is 0 Å². The number of hydrogen-bond acceptors (Lipinski definition) is 3. The van der Waals surface area contributed by atoms with Crippen LogP contribution >= 0.6 is 0 Å². The fourth-order valence-electron chi connectivity index (χ4n) is 2.85. The first-order chi connectivity index (χ1) is 11.3. The summed E-state index contributed by atoms with van der Waals surface area (Å²) in [5.74, 6) is 1.40. The lowest BCUT2D eigenvalue weighted by Gasteiger charge is -2.22. The average molecular weight is 329 g/mol. The van der Waals surface area contributed by atoms with Gasteiger partial charge in [0.1, 0.15) is 0 Å². The third-order valence-electron chi connectivity index (χ3n) is 4.10. The van der Waals surface area contributed by atoms with Crippen LogP contribution in [0.4, 0.5) is 5.95 Å². The molecule has 2 aromatic rings. The molecule has 0 aromatic carbocycles. The number of hydrogen-bond donors (Lipinski definition) is 1. The molecule has 0 spiro atoms. The van der Waals surface area contributed by atoms with Crippen molar-refractivity contribution in [2.75, 3.05) is 5.32 Å². The van der Waals surface area contributed by atoms with Gasteiger partial charge in [-0.15, -0.1) is 0 Å². The Kier molecular flexibility index (Phi) is 4.24. The summed E-state index contributed by atoms with van der Waals surface area (Å²) in [6.45, 7) is 11.4. The lowest BCUT2D eigenvalue weighted by molar-refractivity contribution is 0.101. The Balaban J connectivity index is 1.82. The number of nitrogens with one attached hydrogen (secondary N) is 1.